The van der Waals surface area contributed by atoms with Crippen LogP contribution in [0.5, 0.6) is 11.5 Å². The van der Waals surface area contributed by atoms with Crippen molar-refractivity contribution in [3.63, 3.8) is 0 Å². The molecule has 28 heavy (non-hydrogen) atoms. The third kappa shape index (κ3) is 10.3. The lowest BCUT2D eigenvalue weighted by Gasteiger charge is -2.14. The summed E-state index contributed by atoms with van der Waals surface area (Å²) in [6.45, 7) is 11.0. The monoisotopic (exact) mass is 394 g/mol. The molecule has 0 aromatic heterocycles. The van der Waals surface area contributed by atoms with Gasteiger partial charge in [0.1, 0.15) is 24.7 Å². The van der Waals surface area contributed by atoms with Gasteiger partial charge in [-0.3, -0.25) is 0 Å². The van der Waals surface area contributed by atoms with E-state index in [0.29, 0.717) is 24.7 Å². The average molecular weight is 394 g/mol. The van der Waals surface area contributed by atoms with Crippen LogP contribution in [0.3, 0.4) is 0 Å². The van der Waals surface area contributed by atoms with Gasteiger partial charge in [0.2, 0.25) is 12.6 Å². The van der Waals surface area contributed by atoms with Crippen molar-refractivity contribution >= 4 is 11.9 Å². The summed E-state index contributed by atoms with van der Waals surface area (Å²) in [6.07, 6.45) is 0.805. The van der Waals surface area contributed by atoms with Gasteiger partial charge in [-0.1, -0.05) is 13.2 Å². The first-order valence-corrected chi connectivity index (χ1v) is 8.69. The smallest absolute Gasteiger partial charge is 0.332 e. The van der Waals surface area contributed by atoms with E-state index in [2.05, 4.69) is 13.2 Å². The molecule has 0 saturated carbocycles. The maximum absolute atomic E-state index is 11.0. The van der Waals surface area contributed by atoms with Crippen LogP contribution in [0, 0.1) is 0 Å². The summed E-state index contributed by atoms with van der Waals surface area (Å²) in [7, 11) is 0. The molecule has 0 amide bonds. The number of carbonyl (C=O) groups excluding carboxylic acids is 2. The highest BCUT2D eigenvalue weighted by Crippen LogP contribution is 2.17. The summed E-state index contributed by atoms with van der Waals surface area (Å²) in [6, 6.07) is 7.02. The molecule has 0 radical (unpaired) electrons. The fourth-order valence-electron chi connectivity index (χ4n) is 1.87. The quantitative estimate of drug-likeness (QED) is 0.206. The molecule has 1 aromatic rings. The van der Waals surface area contributed by atoms with Crippen LogP contribution in [0.1, 0.15) is 13.8 Å². The highest BCUT2D eigenvalue weighted by molar-refractivity contribution is 5.81. The fraction of sp³-hybridized carbons (Fsp3) is 0.400. The molecule has 8 heteroatoms. The van der Waals surface area contributed by atoms with Crippen LogP contribution in [0.15, 0.2) is 49.6 Å². The molecule has 2 atom stereocenters. The predicted octanol–water partition coefficient (Wildman–Crippen LogP) is 2.63. The van der Waals surface area contributed by atoms with E-state index in [1.807, 2.05) is 0 Å². The van der Waals surface area contributed by atoms with Crippen LogP contribution >= 0.6 is 0 Å². The molecule has 0 aliphatic carbocycles. The van der Waals surface area contributed by atoms with Crippen molar-refractivity contribution in [2.24, 2.45) is 0 Å². The summed E-state index contributed by atoms with van der Waals surface area (Å²) in [4.78, 5) is 22.0. The van der Waals surface area contributed by atoms with E-state index in [1.54, 1.807) is 38.1 Å². The molecule has 2 unspecified atom stereocenters. The van der Waals surface area contributed by atoms with Gasteiger partial charge in [0.25, 0.3) is 0 Å². The first-order valence-electron chi connectivity index (χ1n) is 8.69. The maximum atomic E-state index is 11.0. The van der Waals surface area contributed by atoms with Crippen LogP contribution in [-0.2, 0) is 28.5 Å². The van der Waals surface area contributed by atoms with E-state index < -0.39 is 24.5 Å². The summed E-state index contributed by atoms with van der Waals surface area (Å²) < 4.78 is 31.3. The zero-order chi connectivity index (χ0) is 20.8. The van der Waals surface area contributed by atoms with Crippen molar-refractivity contribution in [3.05, 3.63) is 49.6 Å². The van der Waals surface area contributed by atoms with Crippen LogP contribution in [0.25, 0.3) is 0 Å². The number of hydrogen-bond acceptors (Lipinski definition) is 8. The van der Waals surface area contributed by atoms with Crippen molar-refractivity contribution in [2.75, 3.05) is 26.4 Å². The predicted molar refractivity (Wildman–Crippen MR) is 101 cm³/mol. The van der Waals surface area contributed by atoms with E-state index in [0.717, 1.165) is 12.2 Å². The number of ether oxygens (including phenoxy) is 6. The molecule has 1 aromatic carbocycles. The summed E-state index contributed by atoms with van der Waals surface area (Å²) in [5.41, 5.74) is 0. The minimum Gasteiger partial charge on any atom is -0.491 e. The molecule has 0 fully saturated rings. The molecular formula is C20H26O8. The zero-order valence-electron chi connectivity index (χ0n) is 16.1. The van der Waals surface area contributed by atoms with Crippen molar-refractivity contribution in [1.29, 1.82) is 0 Å². The minimum atomic E-state index is -0.671. The van der Waals surface area contributed by atoms with Gasteiger partial charge < -0.3 is 28.4 Å². The fourth-order valence-corrected chi connectivity index (χ4v) is 1.87. The molecule has 1 rings (SSSR count). The number of benzene rings is 1. The number of rotatable bonds is 14. The lowest BCUT2D eigenvalue weighted by Crippen LogP contribution is -2.20. The minimum absolute atomic E-state index is 0.260. The van der Waals surface area contributed by atoms with E-state index in [-0.39, 0.29) is 13.2 Å². The van der Waals surface area contributed by atoms with Crippen molar-refractivity contribution < 1.29 is 38.0 Å². The Hall–Kier alpha value is -2.84. The second kappa shape index (κ2) is 13.3. The molecular weight excluding hydrogens is 368 g/mol. The third-order valence-corrected chi connectivity index (χ3v) is 3.13. The van der Waals surface area contributed by atoms with E-state index in [4.69, 9.17) is 28.4 Å². The van der Waals surface area contributed by atoms with Crippen LogP contribution < -0.4 is 9.47 Å². The van der Waals surface area contributed by atoms with Crippen LogP contribution in [-0.4, -0.2) is 50.9 Å². The number of esters is 2. The Morgan fingerprint density at radius 2 is 1.14 bits per heavy atom. The highest BCUT2D eigenvalue weighted by atomic mass is 16.7. The van der Waals surface area contributed by atoms with Crippen molar-refractivity contribution in [2.45, 2.75) is 26.4 Å². The molecule has 0 spiro atoms. The number of carbonyl (C=O) groups is 2. The number of hydrogen-bond donors (Lipinski definition) is 0. The van der Waals surface area contributed by atoms with Gasteiger partial charge in [0.05, 0.1) is 13.2 Å². The second-order valence-corrected chi connectivity index (χ2v) is 5.33. The van der Waals surface area contributed by atoms with Crippen molar-refractivity contribution in [3.8, 4) is 11.5 Å². The lowest BCUT2D eigenvalue weighted by atomic mass is 10.3. The molecule has 0 N–H and O–H groups in total. The van der Waals surface area contributed by atoms with Gasteiger partial charge in [-0.05, 0) is 38.1 Å². The Balaban J connectivity index is 2.18. The first-order chi connectivity index (χ1) is 13.4. The van der Waals surface area contributed by atoms with Gasteiger partial charge >= 0.3 is 11.9 Å². The van der Waals surface area contributed by atoms with Gasteiger partial charge in [0.15, 0.2) is 0 Å². The molecule has 0 bridgehead atoms. The van der Waals surface area contributed by atoms with Crippen molar-refractivity contribution in [1.82, 2.24) is 0 Å². The van der Waals surface area contributed by atoms with E-state index in [9.17, 15) is 9.59 Å². The summed E-state index contributed by atoms with van der Waals surface area (Å²) >= 11 is 0. The Morgan fingerprint density at radius 3 is 1.46 bits per heavy atom. The summed E-state index contributed by atoms with van der Waals surface area (Å²) in [5, 5.41) is 0. The standard InChI is InChI=1S/C20H26O8/c1-5-19(21)27-15(3)23-11-13-25-17-7-9-18(10-8-17)26-14-12-24-16(4)28-20(22)6-2/h5-10,15-16H,1-2,11-14H2,3-4H3. The molecule has 0 saturated heterocycles. The third-order valence-electron chi connectivity index (χ3n) is 3.13. The average Bonchev–Trinajstić information content (AvgIpc) is 2.69. The second-order valence-electron chi connectivity index (χ2n) is 5.33. The Labute approximate surface area is 164 Å². The largest absolute Gasteiger partial charge is 0.491 e. The normalized spacial score (nSPS) is 12.4. The Kier molecular flexibility index (Phi) is 11.1. The SMILES string of the molecule is C=CC(=O)OC(C)OCCOc1ccc(OCCOC(C)OC(=O)C=C)cc1. The van der Waals surface area contributed by atoms with Gasteiger partial charge in [-0.25, -0.2) is 9.59 Å². The maximum Gasteiger partial charge on any atom is 0.332 e. The lowest BCUT2D eigenvalue weighted by molar-refractivity contribution is -0.170. The van der Waals surface area contributed by atoms with E-state index >= 15 is 0 Å². The zero-order valence-corrected chi connectivity index (χ0v) is 16.1. The van der Waals surface area contributed by atoms with Gasteiger partial charge in [0, 0.05) is 12.2 Å². The van der Waals surface area contributed by atoms with Gasteiger partial charge in [-0.15, -0.1) is 0 Å². The topological polar surface area (TPSA) is 89.5 Å². The molecule has 154 valence electrons. The van der Waals surface area contributed by atoms with Gasteiger partial charge in [-0.2, -0.15) is 0 Å². The van der Waals surface area contributed by atoms with Crippen LogP contribution in [0.2, 0.25) is 0 Å². The Bertz CT molecular complexity index is 571. The molecule has 0 aliphatic heterocycles. The van der Waals surface area contributed by atoms with Crippen LogP contribution in [0.4, 0.5) is 0 Å². The van der Waals surface area contributed by atoms with E-state index in [1.165, 1.54) is 0 Å². The Morgan fingerprint density at radius 1 is 0.786 bits per heavy atom. The molecule has 0 aliphatic rings. The molecule has 0 heterocycles. The first kappa shape index (κ1) is 23.2. The summed E-state index contributed by atoms with van der Waals surface area (Å²) in [5.74, 6) is 0.212. The highest BCUT2D eigenvalue weighted by Gasteiger charge is 2.07. The molecule has 8 nitrogen and oxygen atoms in total.